The van der Waals surface area contributed by atoms with Crippen molar-refractivity contribution < 1.29 is 14.4 Å². The maximum Gasteiger partial charge on any atom is 0.242 e. The fraction of sp³-hybridized carbons (Fsp3) is 0.588. The molecule has 3 amide bonds. The average molecular weight is 364 g/mol. The van der Waals surface area contributed by atoms with Crippen molar-refractivity contribution >= 4 is 29.1 Å². The lowest BCUT2D eigenvalue weighted by molar-refractivity contribution is -0.144. The summed E-state index contributed by atoms with van der Waals surface area (Å²) in [4.78, 5) is 40.9. The number of thiophene rings is 1. The van der Waals surface area contributed by atoms with Crippen molar-refractivity contribution in [1.82, 2.24) is 20.4 Å². The molecule has 0 radical (unpaired) electrons. The number of piperazine rings is 1. The van der Waals surface area contributed by atoms with Gasteiger partial charge in [-0.2, -0.15) is 0 Å². The van der Waals surface area contributed by atoms with Gasteiger partial charge in [-0.1, -0.05) is 6.07 Å². The molecule has 2 N–H and O–H groups in total. The molecule has 3 rings (SSSR count). The zero-order valence-corrected chi connectivity index (χ0v) is 15.3. The van der Waals surface area contributed by atoms with Crippen LogP contribution < -0.4 is 10.6 Å². The van der Waals surface area contributed by atoms with Crippen LogP contribution in [-0.2, 0) is 20.9 Å². The Morgan fingerprint density at radius 2 is 2.08 bits per heavy atom. The summed E-state index contributed by atoms with van der Waals surface area (Å²) in [5.74, 6) is -0.166. The van der Waals surface area contributed by atoms with Crippen LogP contribution in [0, 0.1) is 0 Å². The van der Waals surface area contributed by atoms with Crippen LogP contribution in [0.2, 0.25) is 0 Å². The molecule has 25 heavy (non-hydrogen) atoms. The first-order chi connectivity index (χ1) is 11.9. The fourth-order valence-corrected chi connectivity index (χ4v) is 4.46. The molecule has 1 aromatic rings. The number of hydrogen-bond donors (Lipinski definition) is 2. The number of hydrogen-bond acceptors (Lipinski definition) is 5. The second-order valence-electron chi connectivity index (χ2n) is 6.74. The summed E-state index contributed by atoms with van der Waals surface area (Å²) in [6.45, 7) is 5.27. The summed E-state index contributed by atoms with van der Waals surface area (Å²) in [6.07, 6.45) is 0.777. The molecule has 2 saturated heterocycles. The highest BCUT2D eigenvalue weighted by Crippen LogP contribution is 2.28. The minimum atomic E-state index is -0.363. The third kappa shape index (κ3) is 4.19. The molecule has 2 aliphatic rings. The molecular formula is C17H24N4O3S. The van der Waals surface area contributed by atoms with Gasteiger partial charge in [-0.3, -0.25) is 19.3 Å². The average Bonchev–Trinajstić information content (AvgIpc) is 3.15. The van der Waals surface area contributed by atoms with Gasteiger partial charge in [0.1, 0.15) is 6.04 Å². The van der Waals surface area contributed by atoms with Gasteiger partial charge in [-0.25, -0.2) is 0 Å². The van der Waals surface area contributed by atoms with Gasteiger partial charge in [0.15, 0.2) is 0 Å². The molecule has 1 aromatic heterocycles. The van der Waals surface area contributed by atoms with Crippen LogP contribution in [0.1, 0.15) is 25.1 Å². The highest BCUT2D eigenvalue weighted by molar-refractivity contribution is 7.09. The third-order valence-electron chi connectivity index (χ3n) is 4.76. The summed E-state index contributed by atoms with van der Waals surface area (Å²) in [6, 6.07) is 3.82. The Labute approximate surface area is 151 Å². The molecule has 7 nitrogen and oxygen atoms in total. The van der Waals surface area contributed by atoms with Crippen LogP contribution in [-0.4, -0.2) is 65.3 Å². The number of rotatable bonds is 5. The highest BCUT2D eigenvalue weighted by atomic mass is 32.1. The molecular weight excluding hydrogens is 340 g/mol. The van der Waals surface area contributed by atoms with Crippen LogP contribution in [0.25, 0.3) is 0 Å². The first-order valence-electron chi connectivity index (χ1n) is 8.52. The molecule has 3 heterocycles. The first-order valence-corrected chi connectivity index (χ1v) is 9.40. The minimum absolute atomic E-state index is 0.00885. The van der Waals surface area contributed by atoms with E-state index in [1.165, 1.54) is 18.7 Å². The lowest BCUT2D eigenvalue weighted by Gasteiger charge is -2.42. The Bertz CT molecular complexity index is 648. The standard InChI is InChI=1S/C17H24N4O3S/c1-11(22)18-7-16-17(24)21-8-13(19-12(2)23)6-14(21)9-20(16)10-15-4-3-5-25-15/h3-5,13-14,16H,6-10H2,1-2H3,(H,18,22)(H,19,23)/t13-,14-,16-/m0/s1. The van der Waals surface area contributed by atoms with Gasteiger partial charge in [-0.15, -0.1) is 11.3 Å². The maximum absolute atomic E-state index is 13.0. The monoisotopic (exact) mass is 364 g/mol. The van der Waals surface area contributed by atoms with Crippen molar-refractivity contribution in [2.75, 3.05) is 19.6 Å². The molecule has 8 heteroatoms. The number of fused-ring (bicyclic) bond motifs is 1. The van der Waals surface area contributed by atoms with Crippen molar-refractivity contribution in [2.24, 2.45) is 0 Å². The van der Waals surface area contributed by atoms with Crippen LogP contribution in [0.15, 0.2) is 17.5 Å². The van der Waals surface area contributed by atoms with E-state index in [2.05, 4.69) is 21.6 Å². The van der Waals surface area contributed by atoms with E-state index < -0.39 is 0 Å². The van der Waals surface area contributed by atoms with Crippen molar-refractivity contribution in [1.29, 1.82) is 0 Å². The van der Waals surface area contributed by atoms with Crippen molar-refractivity contribution in [3.05, 3.63) is 22.4 Å². The Morgan fingerprint density at radius 1 is 1.28 bits per heavy atom. The maximum atomic E-state index is 13.0. The molecule has 3 atom stereocenters. The highest BCUT2D eigenvalue weighted by Gasteiger charge is 2.45. The van der Waals surface area contributed by atoms with Gasteiger partial charge in [0.05, 0.1) is 0 Å². The Morgan fingerprint density at radius 3 is 2.72 bits per heavy atom. The number of amides is 3. The van der Waals surface area contributed by atoms with E-state index in [1.54, 1.807) is 11.3 Å². The number of nitrogens with one attached hydrogen (secondary N) is 2. The fourth-order valence-electron chi connectivity index (χ4n) is 3.73. The largest absolute Gasteiger partial charge is 0.354 e. The molecule has 0 bridgehead atoms. The van der Waals surface area contributed by atoms with Crippen LogP contribution in [0.5, 0.6) is 0 Å². The van der Waals surface area contributed by atoms with Gasteiger partial charge in [-0.05, 0) is 17.9 Å². The van der Waals surface area contributed by atoms with E-state index in [0.29, 0.717) is 19.6 Å². The number of nitrogens with zero attached hydrogens (tertiary/aromatic N) is 2. The lowest BCUT2D eigenvalue weighted by Crippen LogP contribution is -2.62. The van der Waals surface area contributed by atoms with E-state index in [0.717, 1.165) is 13.0 Å². The molecule has 0 saturated carbocycles. The Hall–Kier alpha value is -1.93. The van der Waals surface area contributed by atoms with Crippen molar-refractivity contribution in [2.45, 2.75) is 44.9 Å². The van der Waals surface area contributed by atoms with E-state index in [1.807, 2.05) is 16.3 Å². The molecule has 136 valence electrons. The lowest BCUT2D eigenvalue weighted by atomic mass is 10.1. The Kier molecular flexibility index (Phi) is 5.39. The molecule has 0 aromatic carbocycles. The normalized spacial score (nSPS) is 26.4. The molecule has 2 fully saturated rings. The molecule has 0 spiro atoms. The molecule has 0 aliphatic carbocycles. The Balaban J connectivity index is 1.74. The molecule has 2 aliphatic heterocycles. The first kappa shape index (κ1) is 17.9. The second-order valence-corrected chi connectivity index (χ2v) is 7.77. The van der Waals surface area contributed by atoms with Gasteiger partial charge < -0.3 is 15.5 Å². The van der Waals surface area contributed by atoms with Crippen LogP contribution in [0.4, 0.5) is 0 Å². The zero-order chi connectivity index (χ0) is 18.0. The predicted octanol–water partition coefficient (Wildman–Crippen LogP) is 0.174. The van der Waals surface area contributed by atoms with Gasteiger partial charge >= 0.3 is 0 Å². The number of carbonyl (C=O) groups is 3. The SMILES string of the molecule is CC(=O)NC[C@H]1C(=O)N2C[C@@H](NC(C)=O)C[C@H]2CN1Cc1cccs1. The number of carbonyl (C=O) groups excluding carboxylic acids is 3. The van der Waals surface area contributed by atoms with E-state index >= 15 is 0 Å². The summed E-state index contributed by atoms with van der Waals surface area (Å²) in [5.41, 5.74) is 0. The van der Waals surface area contributed by atoms with E-state index in [9.17, 15) is 14.4 Å². The van der Waals surface area contributed by atoms with Gasteiger partial charge in [0.2, 0.25) is 17.7 Å². The van der Waals surface area contributed by atoms with E-state index in [-0.39, 0.29) is 35.8 Å². The van der Waals surface area contributed by atoms with Crippen molar-refractivity contribution in [3.8, 4) is 0 Å². The third-order valence-corrected chi connectivity index (χ3v) is 5.62. The summed E-state index contributed by atoms with van der Waals surface area (Å²) < 4.78 is 0. The quantitative estimate of drug-likeness (QED) is 0.781. The smallest absolute Gasteiger partial charge is 0.242 e. The zero-order valence-electron chi connectivity index (χ0n) is 14.5. The van der Waals surface area contributed by atoms with Gasteiger partial charge in [0.25, 0.3) is 0 Å². The summed E-state index contributed by atoms with van der Waals surface area (Å²) in [5, 5.41) is 7.74. The predicted molar refractivity (Wildman–Crippen MR) is 94.9 cm³/mol. The van der Waals surface area contributed by atoms with Crippen molar-refractivity contribution in [3.63, 3.8) is 0 Å². The minimum Gasteiger partial charge on any atom is -0.354 e. The summed E-state index contributed by atoms with van der Waals surface area (Å²) in [7, 11) is 0. The van der Waals surface area contributed by atoms with Gasteiger partial charge in [0, 0.05) is 57.0 Å². The second kappa shape index (κ2) is 7.53. The van der Waals surface area contributed by atoms with Crippen LogP contribution in [0.3, 0.4) is 0 Å². The summed E-state index contributed by atoms with van der Waals surface area (Å²) >= 11 is 1.67. The van der Waals surface area contributed by atoms with E-state index in [4.69, 9.17) is 0 Å². The topological polar surface area (TPSA) is 81.8 Å². The van der Waals surface area contributed by atoms with Crippen LogP contribution >= 0.6 is 11.3 Å². The molecule has 0 unspecified atom stereocenters.